The Kier molecular flexibility index (Phi) is 8.21. The predicted molar refractivity (Wildman–Crippen MR) is 113 cm³/mol. The topological polar surface area (TPSA) is 96.5 Å². The van der Waals surface area contributed by atoms with E-state index in [0.717, 1.165) is 6.42 Å². The number of carbonyl (C=O) groups is 3. The Bertz CT molecular complexity index is 822. The van der Waals surface area contributed by atoms with Crippen LogP contribution in [0.4, 0.5) is 16.2 Å². The van der Waals surface area contributed by atoms with Crippen LogP contribution in [0.1, 0.15) is 38.7 Å². The molecule has 0 saturated carbocycles. The maximum atomic E-state index is 12.0. The van der Waals surface area contributed by atoms with Crippen molar-refractivity contribution in [2.75, 3.05) is 17.2 Å². The van der Waals surface area contributed by atoms with Gasteiger partial charge in [0, 0.05) is 11.4 Å². The Hall–Kier alpha value is -3.35. The minimum Gasteiger partial charge on any atom is -0.454 e. The molecule has 7 heteroatoms. The maximum Gasteiger partial charge on any atom is 0.328 e. The van der Waals surface area contributed by atoms with Gasteiger partial charge in [-0.05, 0) is 49.1 Å². The van der Waals surface area contributed by atoms with Crippen LogP contribution in [-0.2, 0) is 14.3 Å². The third-order valence-corrected chi connectivity index (χ3v) is 4.45. The highest BCUT2D eigenvalue weighted by atomic mass is 16.5. The van der Waals surface area contributed by atoms with Crippen LogP contribution in [0.15, 0.2) is 54.6 Å². The summed E-state index contributed by atoms with van der Waals surface area (Å²) in [4.78, 5) is 35.9. The summed E-state index contributed by atoms with van der Waals surface area (Å²) < 4.78 is 4.97. The van der Waals surface area contributed by atoms with Crippen LogP contribution in [0.3, 0.4) is 0 Å². The minimum atomic E-state index is -0.902. The lowest BCUT2D eigenvalue weighted by Gasteiger charge is -2.14. The van der Waals surface area contributed by atoms with Crippen molar-refractivity contribution in [2.24, 2.45) is 0 Å². The van der Waals surface area contributed by atoms with Gasteiger partial charge in [0.1, 0.15) is 6.04 Å². The molecule has 0 bridgehead atoms. The van der Waals surface area contributed by atoms with E-state index in [-0.39, 0.29) is 0 Å². The Morgan fingerprint density at radius 1 is 0.897 bits per heavy atom. The van der Waals surface area contributed by atoms with Gasteiger partial charge in [-0.25, -0.2) is 9.59 Å². The van der Waals surface area contributed by atoms with Crippen molar-refractivity contribution < 1.29 is 19.1 Å². The predicted octanol–water partition coefficient (Wildman–Crippen LogP) is 3.89. The summed E-state index contributed by atoms with van der Waals surface area (Å²) in [5.74, 6) is -0.695. The van der Waals surface area contributed by atoms with E-state index in [1.165, 1.54) is 12.5 Å². The number of carbonyl (C=O) groups excluding carboxylic acids is 3. The number of hydrogen-bond acceptors (Lipinski definition) is 4. The molecular weight excluding hydrogens is 370 g/mol. The summed E-state index contributed by atoms with van der Waals surface area (Å²) in [5, 5.41) is 7.75. The van der Waals surface area contributed by atoms with Crippen LogP contribution in [-0.4, -0.2) is 30.6 Å². The lowest BCUT2D eigenvalue weighted by Crippen LogP contribution is -2.42. The second-order valence-corrected chi connectivity index (χ2v) is 6.77. The molecule has 154 valence electrons. The molecule has 2 aromatic rings. The van der Waals surface area contributed by atoms with Gasteiger partial charge in [-0.3, -0.25) is 4.79 Å². The van der Waals surface area contributed by atoms with Crippen molar-refractivity contribution in [1.82, 2.24) is 5.32 Å². The van der Waals surface area contributed by atoms with Crippen LogP contribution in [0.5, 0.6) is 0 Å². The lowest BCUT2D eigenvalue weighted by molar-refractivity contribution is -0.148. The zero-order valence-electron chi connectivity index (χ0n) is 16.9. The van der Waals surface area contributed by atoms with E-state index in [1.54, 1.807) is 24.3 Å². The lowest BCUT2D eigenvalue weighted by atomic mass is 9.99. The van der Waals surface area contributed by atoms with E-state index in [2.05, 4.69) is 29.8 Å². The smallest absolute Gasteiger partial charge is 0.328 e. The Morgan fingerprint density at radius 2 is 1.52 bits per heavy atom. The molecule has 0 radical (unpaired) electrons. The average molecular weight is 397 g/mol. The molecule has 0 unspecified atom stereocenters. The van der Waals surface area contributed by atoms with Crippen LogP contribution >= 0.6 is 0 Å². The van der Waals surface area contributed by atoms with Gasteiger partial charge in [-0.1, -0.05) is 44.2 Å². The highest BCUT2D eigenvalue weighted by Crippen LogP contribution is 2.20. The second kappa shape index (κ2) is 10.8. The highest BCUT2D eigenvalue weighted by molar-refractivity contribution is 5.94. The summed E-state index contributed by atoms with van der Waals surface area (Å²) in [6.07, 6.45) is 1.04. The molecule has 0 aliphatic carbocycles. The van der Waals surface area contributed by atoms with Crippen molar-refractivity contribution in [3.8, 4) is 0 Å². The third kappa shape index (κ3) is 7.29. The van der Waals surface area contributed by atoms with Gasteiger partial charge < -0.3 is 20.7 Å². The number of rotatable bonds is 8. The number of nitrogens with one attached hydrogen (secondary N) is 3. The zero-order valence-corrected chi connectivity index (χ0v) is 16.9. The number of esters is 1. The van der Waals surface area contributed by atoms with Crippen molar-refractivity contribution in [3.05, 3.63) is 60.2 Å². The summed E-state index contributed by atoms with van der Waals surface area (Å²) in [6, 6.07) is 15.0. The summed E-state index contributed by atoms with van der Waals surface area (Å²) in [6.45, 7) is 5.31. The van der Waals surface area contributed by atoms with Crippen molar-refractivity contribution >= 4 is 29.3 Å². The molecule has 0 spiro atoms. The van der Waals surface area contributed by atoms with E-state index in [4.69, 9.17) is 4.74 Å². The number of benzene rings is 2. The molecule has 2 aromatic carbocycles. The van der Waals surface area contributed by atoms with Crippen LogP contribution in [0.2, 0.25) is 0 Å². The van der Waals surface area contributed by atoms with Crippen LogP contribution < -0.4 is 16.0 Å². The summed E-state index contributed by atoms with van der Waals surface area (Å²) in [5.41, 5.74) is 2.43. The van der Waals surface area contributed by atoms with Crippen molar-refractivity contribution in [1.29, 1.82) is 0 Å². The second-order valence-electron chi connectivity index (χ2n) is 6.77. The number of para-hydroxylation sites is 1. The average Bonchev–Trinajstić information content (AvgIpc) is 2.72. The van der Waals surface area contributed by atoms with E-state index >= 15 is 0 Å². The fourth-order valence-corrected chi connectivity index (χ4v) is 2.53. The molecular formula is C22H27N3O4. The Balaban J connectivity index is 1.74. The van der Waals surface area contributed by atoms with E-state index < -0.39 is 30.6 Å². The fourth-order valence-electron chi connectivity index (χ4n) is 2.53. The van der Waals surface area contributed by atoms with Gasteiger partial charge in [0.2, 0.25) is 0 Å². The molecule has 0 aromatic heterocycles. The first-order chi connectivity index (χ1) is 13.9. The summed E-state index contributed by atoms with van der Waals surface area (Å²) in [7, 11) is 0. The molecule has 0 aliphatic heterocycles. The van der Waals surface area contributed by atoms with Gasteiger partial charge >= 0.3 is 12.0 Å². The van der Waals surface area contributed by atoms with Crippen LogP contribution in [0, 0.1) is 0 Å². The number of amides is 3. The van der Waals surface area contributed by atoms with Gasteiger partial charge in [-0.2, -0.15) is 0 Å². The molecule has 3 N–H and O–H groups in total. The normalized spacial score (nSPS) is 12.4. The molecule has 0 fully saturated rings. The first-order valence-corrected chi connectivity index (χ1v) is 9.58. The third-order valence-electron chi connectivity index (χ3n) is 4.45. The van der Waals surface area contributed by atoms with Gasteiger partial charge in [0.05, 0.1) is 0 Å². The molecule has 0 aliphatic rings. The molecule has 2 atom stereocenters. The zero-order chi connectivity index (χ0) is 21.2. The minimum absolute atomic E-state index is 0.432. The standard InChI is InChI=1S/C22H27N3O4/c1-4-15(2)17-10-12-19(13-11-17)24-20(26)14-29-21(27)16(3)23-22(28)25-18-8-6-5-7-9-18/h5-13,15-16H,4,14H2,1-3H3,(H,24,26)(H2,23,25,28)/t15-,16-/m0/s1. The van der Waals surface area contributed by atoms with E-state index in [1.807, 2.05) is 30.3 Å². The highest BCUT2D eigenvalue weighted by Gasteiger charge is 2.18. The quantitative estimate of drug-likeness (QED) is 0.589. The molecule has 29 heavy (non-hydrogen) atoms. The monoisotopic (exact) mass is 397 g/mol. The van der Waals surface area contributed by atoms with Gasteiger partial charge in [-0.15, -0.1) is 0 Å². The van der Waals surface area contributed by atoms with Crippen LogP contribution in [0.25, 0.3) is 0 Å². The number of anilines is 2. The fraction of sp³-hybridized carbons (Fsp3) is 0.318. The van der Waals surface area contributed by atoms with E-state index in [0.29, 0.717) is 17.3 Å². The molecule has 2 rings (SSSR count). The first kappa shape index (κ1) is 21.9. The first-order valence-electron chi connectivity index (χ1n) is 9.58. The van der Waals surface area contributed by atoms with Gasteiger partial charge in [0.25, 0.3) is 5.91 Å². The maximum absolute atomic E-state index is 12.0. The molecule has 0 heterocycles. The molecule has 7 nitrogen and oxygen atoms in total. The van der Waals surface area contributed by atoms with Crippen molar-refractivity contribution in [3.63, 3.8) is 0 Å². The number of ether oxygens (including phenoxy) is 1. The van der Waals surface area contributed by atoms with Crippen molar-refractivity contribution in [2.45, 2.75) is 39.2 Å². The number of urea groups is 1. The molecule has 0 saturated heterocycles. The van der Waals surface area contributed by atoms with E-state index in [9.17, 15) is 14.4 Å². The number of hydrogen-bond donors (Lipinski definition) is 3. The summed E-state index contributed by atoms with van der Waals surface area (Å²) >= 11 is 0. The Labute approximate surface area is 170 Å². The SMILES string of the molecule is CC[C@H](C)c1ccc(NC(=O)COC(=O)[C@H](C)NC(=O)Nc2ccccc2)cc1. The molecule has 3 amide bonds. The Morgan fingerprint density at radius 3 is 2.14 bits per heavy atom. The van der Waals surface area contributed by atoms with Gasteiger partial charge in [0.15, 0.2) is 6.61 Å². The largest absolute Gasteiger partial charge is 0.454 e.